The van der Waals surface area contributed by atoms with E-state index in [1.165, 1.54) is 31.2 Å². The number of hydrogen-bond donors (Lipinski definition) is 2. The van der Waals surface area contributed by atoms with Crippen LogP contribution in [0.3, 0.4) is 0 Å². The summed E-state index contributed by atoms with van der Waals surface area (Å²) in [5.74, 6) is -1.73. The van der Waals surface area contributed by atoms with Crippen LogP contribution >= 0.6 is 0 Å². The van der Waals surface area contributed by atoms with Crippen LogP contribution in [0.25, 0.3) is 23.1 Å². The van der Waals surface area contributed by atoms with E-state index in [0.717, 1.165) is 5.56 Å². The fourth-order valence-electron chi connectivity index (χ4n) is 2.55. The number of anilines is 1. The standard InChI is InChI=1S/C20H15FN2O3/c1-12(24)22-15-6-2-13(3-7-15)4-8-16-11-18(20(25)26)17-9-5-14(21)10-19(17)23-16/h2-11H,1H3,(H,22,24)(H,25,26). The van der Waals surface area contributed by atoms with Gasteiger partial charge in [-0.15, -0.1) is 0 Å². The molecule has 26 heavy (non-hydrogen) atoms. The number of carbonyl (C=O) groups is 2. The van der Waals surface area contributed by atoms with E-state index >= 15 is 0 Å². The fourth-order valence-corrected chi connectivity index (χ4v) is 2.55. The number of pyridine rings is 1. The highest BCUT2D eigenvalue weighted by atomic mass is 19.1. The molecule has 3 rings (SSSR count). The van der Waals surface area contributed by atoms with Crippen molar-refractivity contribution in [3.8, 4) is 0 Å². The van der Waals surface area contributed by atoms with Crippen molar-refractivity contribution in [3.63, 3.8) is 0 Å². The van der Waals surface area contributed by atoms with E-state index in [2.05, 4.69) is 10.3 Å². The van der Waals surface area contributed by atoms with Crippen molar-refractivity contribution in [1.82, 2.24) is 4.98 Å². The van der Waals surface area contributed by atoms with Gasteiger partial charge in [0.1, 0.15) is 5.82 Å². The minimum atomic E-state index is -1.10. The molecule has 0 spiro atoms. The molecular weight excluding hydrogens is 335 g/mol. The highest BCUT2D eigenvalue weighted by Gasteiger charge is 2.11. The largest absolute Gasteiger partial charge is 0.478 e. The van der Waals surface area contributed by atoms with Crippen LogP contribution in [0, 0.1) is 5.82 Å². The van der Waals surface area contributed by atoms with Crippen molar-refractivity contribution < 1.29 is 19.1 Å². The van der Waals surface area contributed by atoms with Gasteiger partial charge in [-0.3, -0.25) is 4.79 Å². The van der Waals surface area contributed by atoms with Crippen LogP contribution in [0.2, 0.25) is 0 Å². The Morgan fingerprint density at radius 3 is 2.46 bits per heavy atom. The number of carboxylic acids is 1. The Morgan fingerprint density at radius 1 is 1.08 bits per heavy atom. The van der Waals surface area contributed by atoms with Crippen LogP contribution in [-0.2, 0) is 4.79 Å². The maximum absolute atomic E-state index is 13.4. The minimum absolute atomic E-state index is 0.0654. The minimum Gasteiger partial charge on any atom is -0.478 e. The van der Waals surface area contributed by atoms with E-state index in [-0.39, 0.29) is 17.0 Å². The van der Waals surface area contributed by atoms with E-state index in [4.69, 9.17) is 0 Å². The second-order valence-corrected chi connectivity index (χ2v) is 5.70. The Morgan fingerprint density at radius 2 is 1.81 bits per heavy atom. The topological polar surface area (TPSA) is 79.3 Å². The number of halogens is 1. The number of nitrogens with one attached hydrogen (secondary N) is 1. The molecule has 0 fully saturated rings. The highest BCUT2D eigenvalue weighted by molar-refractivity contribution is 6.03. The number of nitrogens with zero attached hydrogens (tertiary/aromatic N) is 1. The summed E-state index contributed by atoms with van der Waals surface area (Å²) in [5, 5.41) is 12.4. The zero-order valence-corrected chi connectivity index (χ0v) is 13.9. The van der Waals surface area contributed by atoms with E-state index in [9.17, 15) is 19.1 Å². The first-order chi connectivity index (χ1) is 12.4. The summed E-state index contributed by atoms with van der Waals surface area (Å²) in [6.45, 7) is 1.43. The molecule has 5 nitrogen and oxygen atoms in total. The first-order valence-electron chi connectivity index (χ1n) is 7.82. The van der Waals surface area contributed by atoms with E-state index in [1.807, 2.05) is 0 Å². The zero-order valence-electron chi connectivity index (χ0n) is 13.9. The maximum Gasteiger partial charge on any atom is 0.336 e. The molecule has 2 N–H and O–H groups in total. The first-order valence-corrected chi connectivity index (χ1v) is 7.82. The van der Waals surface area contributed by atoms with Crippen molar-refractivity contribution in [2.24, 2.45) is 0 Å². The summed E-state index contributed by atoms with van der Waals surface area (Å²) in [5.41, 5.74) is 2.28. The van der Waals surface area contributed by atoms with Gasteiger partial charge in [0.25, 0.3) is 0 Å². The normalized spacial score (nSPS) is 11.0. The Bertz CT molecular complexity index is 1030. The van der Waals surface area contributed by atoms with Gasteiger partial charge in [-0.25, -0.2) is 14.2 Å². The first kappa shape index (κ1) is 17.3. The third-order valence-corrected chi connectivity index (χ3v) is 3.70. The molecule has 1 heterocycles. The van der Waals surface area contributed by atoms with Crippen molar-refractivity contribution in [2.45, 2.75) is 6.92 Å². The zero-order chi connectivity index (χ0) is 18.7. The summed E-state index contributed by atoms with van der Waals surface area (Å²) in [7, 11) is 0. The van der Waals surface area contributed by atoms with Gasteiger partial charge in [-0.05, 0) is 42.0 Å². The summed E-state index contributed by atoms with van der Waals surface area (Å²) < 4.78 is 13.4. The molecule has 130 valence electrons. The second-order valence-electron chi connectivity index (χ2n) is 5.70. The Kier molecular flexibility index (Phi) is 4.75. The number of carboxylic acid groups (broad SMARTS) is 1. The van der Waals surface area contributed by atoms with Crippen LogP contribution in [-0.4, -0.2) is 22.0 Å². The molecule has 0 bridgehead atoms. The number of rotatable bonds is 4. The van der Waals surface area contributed by atoms with E-state index in [1.54, 1.807) is 36.4 Å². The van der Waals surface area contributed by atoms with Crippen molar-refractivity contribution >= 4 is 40.6 Å². The molecule has 0 aliphatic carbocycles. The third-order valence-electron chi connectivity index (χ3n) is 3.70. The molecule has 3 aromatic rings. The van der Waals surface area contributed by atoms with Crippen molar-refractivity contribution in [1.29, 1.82) is 0 Å². The third kappa shape index (κ3) is 3.92. The molecule has 0 radical (unpaired) electrons. The summed E-state index contributed by atoms with van der Waals surface area (Å²) in [6, 6.07) is 12.4. The molecule has 0 aliphatic heterocycles. The SMILES string of the molecule is CC(=O)Nc1ccc(C=Cc2cc(C(=O)O)c3ccc(F)cc3n2)cc1. The fraction of sp³-hybridized carbons (Fsp3) is 0.0500. The molecule has 2 aromatic carbocycles. The Balaban J connectivity index is 1.93. The van der Waals surface area contributed by atoms with Crippen LogP contribution < -0.4 is 5.32 Å². The summed E-state index contributed by atoms with van der Waals surface area (Å²) in [6.07, 6.45) is 3.42. The molecule has 6 heteroatoms. The molecule has 0 saturated carbocycles. The van der Waals surface area contributed by atoms with Gasteiger partial charge < -0.3 is 10.4 Å². The predicted molar refractivity (Wildman–Crippen MR) is 98.3 cm³/mol. The lowest BCUT2D eigenvalue weighted by molar-refractivity contribution is -0.114. The smallest absolute Gasteiger partial charge is 0.336 e. The Hall–Kier alpha value is -3.54. The number of fused-ring (bicyclic) bond motifs is 1. The number of amides is 1. The van der Waals surface area contributed by atoms with Crippen LogP contribution in [0.5, 0.6) is 0 Å². The molecule has 0 unspecified atom stereocenters. The Labute approximate surface area is 148 Å². The molecular formula is C20H15FN2O3. The highest BCUT2D eigenvalue weighted by Crippen LogP contribution is 2.21. The molecule has 0 saturated heterocycles. The monoisotopic (exact) mass is 350 g/mol. The van der Waals surface area contributed by atoms with E-state index < -0.39 is 11.8 Å². The lowest BCUT2D eigenvalue weighted by Crippen LogP contribution is -2.05. The number of carbonyl (C=O) groups excluding carboxylic acids is 1. The van der Waals surface area contributed by atoms with Crippen LogP contribution in [0.4, 0.5) is 10.1 Å². The lowest BCUT2D eigenvalue weighted by Gasteiger charge is -2.05. The quantitative estimate of drug-likeness (QED) is 0.739. The van der Waals surface area contributed by atoms with Gasteiger partial charge in [0.2, 0.25) is 5.91 Å². The summed E-state index contributed by atoms with van der Waals surface area (Å²) in [4.78, 5) is 26.8. The average Bonchev–Trinajstić information content (AvgIpc) is 2.59. The molecule has 0 atom stereocenters. The summed E-state index contributed by atoms with van der Waals surface area (Å²) >= 11 is 0. The van der Waals surface area contributed by atoms with Gasteiger partial charge >= 0.3 is 5.97 Å². The molecule has 1 aromatic heterocycles. The lowest BCUT2D eigenvalue weighted by atomic mass is 10.1. The van der Waals surface area contributed by atoms with Gasteiger partial charge in [-0.2, -0.15) is 0 Å². The molecule has 0 aliphatic rings. The van der Waals surface area contributed by atoms with Gasteiger partial charge in [0.15, 0.2) is 0 Å². The van der Waals surface area contributed by atoms with Crippen molar-refractivity contribution in [2.75, 3.05) is 5.32 Å². The van der Waals surface area contributed by atoms with Crippen LogP contribution in [0.15, 0.2) is 48.5 Å². The van der Waals surface area contributed by atoms with Crippen LogP contribution in [0.1, 0.15) is 28.5 Å². The second kappa shape index (κ2) is 7.14. The average molecular weight is 350 g/mol. The van der Waals surface area contributed by atoms with E-state index in [0.29, 0.717) is 16.8 Å². The number of aromatic nitrogens is 1. The number of benzene rings is 2. The molecule has 1 amide bonds. The van der Waals surface area contributed by atoms with Gasteiger partial charge in [0, 0.05) is 24.1 Å². The van der Waals surface area contributed by atoms with Gasteiger partial charge in [0.05, 0.1) is 16.8 Å². The number of aromatic carboxylic acids is 1. The van der Waals surface area contributed by atoms with Crippen molar-refractivity contribution in [3.05, 3.63) is 71.2 Å². The number of hydrogen-bond acceptors (Lipinski definition) is 3. The van der Waals surface area contributed by atoms with Gasteiger partial charge in [-0.1, -0.05) is 18.2 Å². The predicted octanol–water partition coefficient (Wildman–Crippen LogP) is 4.20. The maximum atomic E-state index is 13.4.